The maximum atomic E-state index is 12.3. The van der Waals surface area contributed by atoms with Crippen molar-refractivity contribution in [1.29, 1.82) is 0 Å². The fourth-order valence-corrected chi connectivity index (χ4v) is 2.50. The number of rotatable bonds is 3. The van der Waals surface area contributed by atoms with Crippen molar-refractivity contribution in [2.45, 2.75) is 0 Å². The number of imide groups is 3. The van der Waals surface area contributed by atoms with Gasteiger partial charge in [0.15, 0.2) is 0 Å². The predicted molar refractivity (Wildman–Crippen MR) is 88.4 cm³/mol. The standard InChI is InChI=1S/C18H14N2O4/c1-24-12-5-2-4-11(10-12)8-9-15(21)20-17(22)13-6-3-7-14(19)16(13)18(20)23/h2-10H,19H2,1H3/b9-8+. The minimum Gasteiger partial charge on any atom is -0.497 e. The minimum absolute atomic E-state index is 0.0747. The van der Waals surface area contributed by atoms with Crippen molar-refractivity contribution in [3.05, 3.63) is 65.2 Å². The number of ether oxygens (including phenoxy) is 1. The van der Waals surface area contributed by atoms with E-state index in [1.807, 2.05) is 0 Å². The molecule has 1 aliphatic heterocycles. The molecule has 6 nitrogen and oxygen atoms in total. The first-order valence-electron chi connectivity index (χ1n) is 7.16. The van der Waals surface area contributed by atoms with Gasteiger partial charge in [-0.15, -0.1) is 0 Å². The second-order valence-electron chi connectivity index (χ2n) is 5.16. The van der Waals surface area contributed by atoms with Gasteiger partial charge in [0.05, 0.1) is 18.2 Å². The van der Waals surface area contributed by atoms with Crippen LogP contribution in [0, 0.1) is 0 Å². The molecule has 0 aromatic heterocycles. The van der Waals surface area contributed by atoms with E-state index in [9.17, 15) is 14.4 Å². The zero-order valence-corrected chi connectivity index (χ0v) is 12.9. The molecule has 3 rings (SSSR count). The number of benzene rings is 2. The van der Waals surface area contributed by atoms with Gasteiger partial charge in [0.25, 0.3) is 17.7 Å². The summed E-state index contributed by atoms with van der Waals surface area (Å²) >= 11 is 0. The van der Waals surface area contributed by atoms with E-state index in [0.717, 1.165) is 0 Å². The molecule has 0 saturated heterocycles. The quantitative estimate of drug-likeness (QED) is 0.531. The molecular weight excluding hydrogens is 308 g/mol. The molecule has 0 atom stereocenters. The fourth-order valence-electron chi connectivity index (χ4n) is 2.50. The van der Waals surface area contributed by atoms with Gasteiger partial charge in [-0.3, -0.25) is 14.4 Å². The van der Waals surface area contributed by atoms with Crippen molar-refractivity contribution >= 4 is 29.5 Å². The monoisotopic (exact) mass is 322 g/mol. The molecular formula is C18H14N2O4. The van der Waals surface area contributed by atoms with Crippen LogP contribution >= 0.6 is 0 Å². The van der Waals surface area contributed by atoms with Gasteiger partial charge in [0.1, 0.15) is 5.75 Å². The summed E-state index contributed by atoms with van der Waals surface area (Å²) in [6, 6.07) is 11.6. The van der Waals surface area contributed by atoms with Gasteiger partial charge >= 0.3 is 0 Å². The Hall–Kier alpha value is -3.41. The molecule has 0 bridgehead atoms. The predicted octanol–water partition coefficient (Wildman–Crippen LogP) is 2.11. The molecule has 1 aliphatic rings. The summed E-state index contributed by atoms with van der Waals surface area (Å²) in [7, 11) is 1.54. The van der Waals surface area contributed by atoms with Crippen molar-refractivity contribution in [2.75, 3.05) is 12.8 Å². The number of hydrogen-bond donors (Lipinski definition) is 1. The first-order chi connectivity index (χ1) is 11.5. The van der Waals surface area contributed by atoms with Gasteiger partial charge in [0, 0.05) is 11.8 Å². The molecule has 0 radical (unpaired) electrons. The third-order valence-electron chi connectivity index (χ3n) is 3.68. The van der Waals surface area contributed by atoms with Gasteiger partial charge in [-0.2, -0.15) is 0 Å². The lowest BCUT2D eigenvalue weighted by molar-refractivity contribution is -0.121. The number of methoxy groups -OCH3 is 1. The molecule has 1 heterocycles. The second-order valence-corrected chi connectivity index (χ2v) is 5.16. The summed E-state index contributed by atoms with van der Waals surface area (Å²) in [6.45, 7) is 0. The van der Waals surface area contributed by atoms with E-state index < -0.39 is 17.7 Å². The number of nitrogen functional groups attached to an aromatic ring is 1. The number of nitrogens with two attached hydrogens (primary N) is 1. The van der Waals surface area contributed by atoms with Gasteiger partial charge in [0.2, 0.25) is 0 Å². The summed E-state index contributed by atoms with van der Waals surface area (Å²) in [6.07, 6.45) is 2.68. The van der Waals surface area contributed by atoms with E-state index in [1.165, 1.54) is 31.4 Å². The normalized spacial score (nSPS) is 13.5. The van der Waals surface area contributed by atoms with Gasteiger partial charge in [-0.1, -0.05) is 18.2 Å². The summed E-state index contributed by atoms with van der Waals surface area (Å²) < 4.78 is 5.10. The number of nitrogens with zero attached hydrogens (tertiary/aromatic N) is 1. The summed E-state index contributed by atoms with van der Waals surface area (Å²) in [5, 5.41) is 0. The maximum absolute atomic E-state index is 12.3. The summed E-state index contributed by atoms with van der Waals surface area (Å²) in [5.74, 6) is -1.45. The lowest BCUT2D eigenvalue weighted by Crippen LogP contribution is -2.34. The second kappa shape index (κ2) is 6.00. The molecule has 2 N–H and O–H groups in total. The molecule has 0 unspecified atom stereocenters. The van der Waals surface area contributed by atoms with Crippen LogP contribution in [0.2, 0.25) is 0 Å². The maximum Gasteiger partial charge on any atom is 0.270 e. The van der Waals surface area contributed by atoms with E-state index in [4.69, 9.17) is 10.5 Å². The van der Waals surface area contributed by atoms with Crippen LogP contribution in [-0.2, 0) is 4.79 Å². The highest BCUT2D eigenvalue weighted by Crippen LogP contribution is 2.27. The third kappa shape index (κ3) is 2.54. The Kier molecular flexibility index (Phi) is 3.87. The smallest absolute Gasteiger partial charge is 0.270 e. The Morgan fingerprint density at radius 2 is 1.88 bits per heavy atom. The number of anilines is 1. The van der Waals surface area contributed by atoms with Crippen LogP contribution in [0.5, 0.6) is 5.75 Å². The zero-order valence-electron chi connectivity index (χ0n) is 12.9. The van der Waals surface area contributed by atoms with E-state index in [2.05, 4.69) is 0 Å². The Balaban J connectivity index is 1.86. The number of carbonyl (C=O) groups is 3. The molecule has 120 valence electrons. The highest BCUT2D eigenvalue weighted by Gasteiger charge is 2.40. The third-order valence-corrected chi connectivity index (χ3v) is 3.68. The van der Waals surface area contributed by atoms with Crippen molar-refractivity contribution in [2.24, 2.45) is 0 Å². The lowest BCUT2D eigenvalue weighted by atomic mass is 10.1. The van der Waals surface area contributed by atoms with E-state index in [1.54, 1.807) is 30.3 Å². The number of amides is 3. The highest BCUT2D eigenvalue weighted by atomic mass is 16.5. The molecule has 3 amide bonds. The highest BCUT2D eigenvalue weighted by molar-refractivity contribution is 6.32. The van der Waals surface area contributed by atoms with Crippen molar-refractivity contribution in [3.63, 3.8) is 0 Å². The van der Waals surface area contributed by atoms with Crippen LogP contribution in [0.1, 0.15) is 26.3 Å². The van der Waals surface area contributed by atoms with E-state index in [0.29, 0.717) is 16.2 Å². The molecule has 2 aromatic carbocycles. The molecule has 6 heteroatoms. The lowest BCUT2D eigenvalue weighted by Gasteiger charge is -2.08. The van der Waals surface area contributed by atoms with Crippen molar-refractivity contribution < 1.29 is 19.1 Å². The van der Waals surface area contributed by atoms with Crippen LogP contribution < -0.4 is 10.5 Å². The largest absolute Gasteiger partial charge is 0.497 e. The molecule has 2 aromatic rings. The van der Waals surface area contributed by atoms with Gasteiger partial charge < -0.3 is 10.5 Å². The van der Waals surface area contributed by atoms with Gasteiger partial charge in [-0.05, 0) is 35.9 Å². The topological polar surface area (TPSA) is 89.7 Å². The van der Waals surface area contributed by atoms with Crippen molar-refractivity contribution in [1.82, 2.24) is 4.90 Å². The first-order valence-corrected chi connectivity index (χ1v) is 7.16. The SMILES string of the molecule is COc1cccc(/C=C/C(=O)N2C(=O)c3cccc(N)c3C2=O)c1. The number of hydrogen-bond acceptors (Lipinski definition) is 5. The molecule has 0 saturated carbocycles. The molecule has 24 heavy (non-hydrogen) atoms. The summed E-state index contributed by atoms with van der Waals surface area (Å²) in [4.78, 5) is 37.5. The Morgan fingerprint density at radius 1 is 1.12 bits per heavy atom. The Bertz CT molecular complexity index is 886. The van der Waals surface area contributed by atoms with Crippen LogP contribution in [0.25, 0.3) is 6.08 Å². The Labute approximate surface area is 138 Å². The number of carbonyl (C=O) groups excluding carboxylic acids is 3. The van der Waals surface area contributed by atoms with E-state index in [-0.39, 0.29) is 16.8 Å². The molecule has 0 aliphatic carbocycles. The van der Waals surface area contributed by atoms with Crippen LogP contribution in [0.4, 0.5) is 5.69 Å². The van der Waals surface area contributed by atoms with Crippen molar-refractivity contribution in [3.8, 4) is 5.75 Å². The van der Waals surface area contributed by atoms with Crippen LogP contribution in [0.3, 0.4) is 0 Å². The van der Waals surface area contributed by atoms with Crippen LogP contribution in [-0.4, -0.2) is 29.7 Å². The average molecular weight is 322 g/mol. The fraction of sp³-hybridized carbons (Fsp3) is 0.0556. The first kappa shape index (κ1) is 15.5. The molecule has 0 spiro atoms. The minimum atomic E-state index is -0.719. The average Bonchev–Trinajstić information content (AvgIpc) is 2.85. The summed E-state index contributed by atoms with van der Waals surface area (Å²) in [5.41, 5.74) is 6.84. The Morgan fingerprint density at radius 3 is 2.58 bits per heavy atom. The van der Waals surface area contributed by atoms with Gasteiger partial charge in [-0.25, -0.2) is 4.90 Å². The zero-order chi connectivity index (χ0) is 17.3. The van der Waals surface area contributed by atoms with E-state index >= 15 is 0 Å². The number of fused-ring (bicyclic) bond motifs is 1. The molecule has 0 fully saturated rings. The van der Waals surface area contributed by atoms with Crippen LogP contribution in [0.15, 0.2) is 48.5 Å².